The van der Waals surface area contributed by atoms with Gasteiger partial charge in [-0.3, -0.25) is 9.80 Å². The Bertz CT molecular complexity index is 1050. The molecule has 3 heterocycles. The lowest BCUT2D eigenvalue weighted by Gasteiger charge is -2.47. The number of nitrogens with zero attached hydrogens (tertiary/aromatic N) is 2. The molecule has 37 heavy (non-hydrogen) atoms. The van der Waals surface area contributed by atoms with Crippen molar-refractivity contribution in [2.75, 3.05) is 46.0 Å². The van der Waals surface area contributed by atoms with E-state index in [1.165, 1.54) is 24.3 Å². The first kappa shape index (κ1) is 28.9. The van der Waals surface area contributed by atoms with E-state index in [9.17, 15) is 17.6 Å². The number of benzene rings is 2. The van der Waals surface area contributed by atoms with E-state index in [0.29, 0.717) is 54.9 Å². The standard InChI is InChI=1S/C13H14BrF2NO2.C13H16BrF2NO/c14-9-3-11(15)10(12(16)4-9)5-17-1-2-19-13(6-17)7-18-8-13;1-8-5-17(6-9(2)18-8)7-11-12(15)3-10(14)4-13(11)16/h3-4H,1-2,5-8H2;3-4,8-9H,5-7H2,1-2H3/t;8-,9+. The zero-order chi connectivity index (χ0) is 26.7. The maximum Gasteiger partial charge on any atom is 0.131 e. The molecule has 1 spiro atoms. The first-order valence-electron chi connectivity index (χ1n) is 12.1. The van der Waals surface area contributed by atoms with Crippen molar-refractivity contribution in [1.82, 2.24) is 9.80 Å². The quantitative estimate of drug-likeness (QED) is 0.398. The van der Waals surface area contributed by atoms with Gasteiger partial charge in [-0.1, -0.05) is 31.9 Å². The number of halogens is 6. The van der Waals surface area contributed by atoms with Gasteiger partial charge in [0, 0.05) is 59.3 Å². The number of hydrogen-bond acceptors (Lipinski definition) is 5. The highest BCUT2D eigenvalue weighted by Crippen LogP contribution is 2.28. The third-order valence-corrected chi connectivity index (χ3v) is 7.44. The van der Waals surface area contributed by atoms with Gasteiger partial charge in [-0.05, 0) is 38.1 Å². The fourth-order valence-electron chi connectivity index (χ4n) is 4.87. The minimum absolute atomic E-state index is 0.0929. The van der Waals surface area contributed by atoms with E-state index >= 15 is 0 Å². The number of rotatable bonds is 4. The molecule has 3 aliphatic heterocycles. The molecule has 0 bridgehead atoms. The Kier molecular flexibility index (Phi) is 9.69. The Morgan fingerprint density at radius 1 is 0.811 bits per heavy atom. The molecule has 0 unspecified atom stereocenters. The van der Waals surface area contributed by atoms with Crippen molar-refractivity contribution in [3.63, 3.8) is 0 Å². The molecule has 11 heteroatoms. The van der Waals surface area contributed by atoms with Crippen LogP contribution in [-0.2, 0) is 27.3 Å². The van der Waals surface area contributed by atoms with E-state index in [0.717, 1.165) is 0 Å². The van der Waals surface area contributed by atoms with Gasteiger partial charge in [-0.25, -0.2) is 17.6 Å². The Morgan fingerprint density at radius 2 is 1.27 bits per heavy atom. The lowest BCUT2D eigenvalue weighted by molar-refractivity contribution is -0.238. The van der Waals surface area contributed by atoms with Gasteiger partial charge in [0.1, 0.15) is 28.9 Å². The summed E-state index contributed by atoms with van der Waals surface area (Å²) >= 11 is 6.16. The summed E-state index contributed by atoms with van der Waals surface area (Å²) in [6.45, 7) is 8.90. The van der Waals surface area contributed by atoms with E-state index in [1.54, 1.807) is 0 Å². The summed E-state index contributed by atoms with van der Waals surface area (Å²) in [5.74, 6) is -2.04. The van der Waals surface area contributed by atoms with Gasteiger partial charge in [0.15, 0.2) is 0 Å². The van der Waals surface area contributed by atoms with Crippen molar-refractivity contribution in [3.05, 3.63) is 67.6 Å². The highest BCUT2D eigenvalue weighted by Gasteiger charge is 2.43. The Hall–Kier alpha value is -1.08. The van der Waals surface area contributed by atoms with Crippen LogP contribution in [0, 0.1) is 23.3 Å². The molecule has 0 aliphatic carbocycles. The molecule has 2 aromatic rings. The molecule has 0 amide bonds. The van der Waals surface area contributed by atoms with Gasteiger partial charge in [-0.2, -0.15) is 0 Å². The molecule has 0 aromatic heterocycles. The molecule has 5 nitrogen and oxygen atoms in total. The van der Waals surface area contributed by atoms with Gasteiger partial charge in [0.05, 0.1) is 32.0 Å². The average molecular weight is 654 g/mol. The third-order valence-electron chi connectivity index (χ3n) is 6.53. The third kappa shape index (κ3) is 7.52. The van der Waals surface area contributed by atoms with Gasteiger partial charge >= 0.3 is 0 Å². The smallest absolute Gasteiger partial charge is 0.131 e. The van der Waals surface area contributed by atoms with Crippen LogP contribution in [0.5, 0.6) is 0 Å². The van der Waals surface area contributed by atoms with E-state index in [4.69, 9.17) is 14.2 Å². The van der Waals surface area contributed by atoms with E-state index in [-0.39, 0.29) is 42.0 Å². The Labute approximate surface area is 231 Å². The van der Waals surface area contributed by atoms with E-state index in [1.807, 2.05) is 23.6 Å². The van der Waals surface area contributed by atoms with Crippen LogP contribution in [-0.4, -0.2) is 73.6 Å². The highest BCUT2D eigenvalue weighted by molar-refractivity contribution is 9.10. The number of ether oxygens (including phenoxy) is 3. The first-order valence-corrected chi connectivity index (χ1v) is 13.7. The summed E-state index contributed by atoms with van der Waals surface area (Å²) in [6.07, 6.45) is 0.186. The fourth-order valence-corrected chi connectivity index (χ4v) is 5.67. The van der Waals surface area contributed by atoms with Crippen molar-refractivity contribution in [1.29, 1.82) is 0 Å². The van der Waals surface area contributed by atoms with Gasteiger partial charge in [-0.15, -0.1) is 0 Å². The van der Waals surface area contributed by atoms with Crippen LogP contribution < -0.4 is 0 Å². The second-order valence-electron chi connectivity index (χ2n) is 9.88. The minimum atomic E-state index is -0.516. The molecule has 3 saturated heterocycles. The predicted molar refractivity (Wildman–Crippen MR) is 138 cm³/mol. The highest BCUT2D eigenvalue weighted by atomic mass is 79.9. The maximum atomic E-state index is 13.8. The molecule has 5 rings (SSSR count). The summed E-state index contributed by atoms with van der Waals surface area (Å²) in [4.78, 5) is 4.04. The molecular weight excluding hydrogens is 624 g/mol. The molecule has 204 valence electrons. The first-order chi connectivity index (χ1) is 17.5. The predicted octanol–water partition coefficient (Wildman–Crippen LogP) is 5.67. The molecule has 0 N–H and O–H groups in total. The van der Waals surface area contributed by atoms with Crippen molar-refractivity contribution >= 4 is 31.9 Å². The molecule has 3 aliphatic rings. The van der Waals surface area contributed by atoms with Crippen molar-refractivity contribution in [2.24, 2.45) is 0 Å². The summed E-state index contributed by atoms with van der Waals surface area (Å²) < 4.78 is 72.4. The monoisotopic (exact) mass is 652 g/mol. The van der Waals surface area contributed by atoms with Crippen LogP contribution in [0.25, 0.3) is 0 Å². The van der Waals surface area contributed by atoms with Gasteiger partial charge in [0.2, 0.25) is 0 Å². The summed E-state index contributed by atoms with van der Waals surface area (Å²) in [5.41, 5.74) is -0.0272. The van der Waals surface area contributed by atoms with Crippen molar-refractivity contribution in [3.8, 4) is 0 Å². The fraction of sp³-hybridized carbons (Fsp3) is 0.538. The van der Waals surface area contributed by atoms with Crippen LogP contribution in [0.15, 0.2) is 33.2 Å². The molecule has 3 fully saturated rings. The van der Waals surface area contributed by atoms with Crippen LogP contribution >= 0.6 is 31.9 Å². The second kappa shape index (κ2) is 12.4. The largest absolute Gasteiger partial charge is 0.375 e. The SMILES string of the molecule is C[C@@H]1CN(Cc2c(F)cc(Br)cc2F)C[C@H](C)O1.Fc1cc(Br)cc(F)c1CN1CCOC2(COC2)C1. The van der Waals surface area contributed by atoms with Crippen LogP contribution in [0.2, 0.25) is 0 Å². The molecule has 2 aromatic carbocycles. The Morgan fingerprint density at radius 3 is 1.70 bits per heavy atom. The van der Waals surface area contributed by atoms with Gasteiger partial charge < -0.3 is 14.2 Å². The van der Waals surface area contributed by atoms with Crippen molar-refractivity contribution < 1.29 is 31.8 Å². The average Bonchev–Trinajstić information content (AvgIpc) is 2.78. The number of hydrogen-bond donors (Lipinski definition) is 0. The van der Waals surface area contributed by atoms with Crippen LogP contribution in [0.4, 0.5) is 17.6 Å². The molecule has 2 atom stereocenters. The van der Waals surface area contributed by atoms with Gasteiger partial charge in [0.25, 0.3) is 0 Å². The second-order valence-corrected chi connectivity index (χ2v) is 11.7. The molecule has 0 saturated carbocycles. The van der Waals surface area contributed by atoms with Crippen LogP contribution in [0.3, 0.4) is 0 Å². The normalized spacial score (nSPS) is 23.9. The lowest BCUT2D eigenvalue weighted by atomic mass is 9.99. The zero-order valence-corrected chi connectivity index (χ0v) is 23.9. The van der Waals surface area contributed by atoms with Crippen molar-refractivity contribution in [2.45, 2.75) is 44.7 Å². The summed E-state index contributed by atoms with van der Waals surface area (Å²) in [6, 6.07) is 5.18. The molecular formula is C26H30Br2F4N2O3. The summed E-state index contributed by atoms with van der Waals surface area (Å²) in [5, 5.41) is 0. The lowest BCUT2D eigenvalue weighted by Crippen LogP contribution is -2.62. The molecule has 0 radical (unpaired) electrons. The van der Waals surface area contributed by atoms with E-state index < -0.39 is 23.3 Å². The zero-order valence-electron chi connectivity index (χ0n) is 20.7. The topological polar surface area (TPSA) is 34.2 Å². The van der Waals surface area contributed by atoms with Crippen LogP contribution in [0.1, 0.15) is 25.0 Å². The maximum absolute atomic E-state index is 13.8. The summed E-state index contributed by atoms with van der Waals surface area (Å²) in [7, 11) is 0. The Balaban J connectivity index is 0.000000173. The minimum Gasteiger partial charge on any atom is -0.375 e. The number of morpholine rings is 2. The van der Waals surface area contributed by atoms with E-state index in [2.05, 4.69) is 31.9 Å².